The molecule has 1 amide bonds. The molecule has 0 spiro atoms. The number of aliphatic hydroxyl groups is 1. The van der Waals surface area contributed by atoms with Crippen LogP contribution in [0.15, 0.2) is 18.2 Å². The molecule has 0 aliphatic carbocycles. The van der Waals surface area contributed by atoms with E-state index in [4.69, 9.17) is 16.3 Å². The first-order valence-corrected chi connectivity index (χ1v) is 6.39. The highest BCUT2D eigenvalue weighted by Gasteiger charge is 2.20. The molecular formula is C14H20ClNO3. The predicted molar refractivity (Wildman–Crippen MR) is 75.6 cm³/mol. The highest BCUT2D eigenvalue weighted by atomic mass is 35.5. The van der Waals surface area contributed by atoms with Gasteiger partial charge in [-0.25, -0.2) is 0 Å². The van der Waals surface area contributed by atoms with Crippen molar-refractivity contribution < 1.29 is 14.6 Å². The zero-order chi connectivity index (χ0) is 14.6. The minimum absolute atomic E-state index is 0.0887. The van der Waals surface area contributed by atoms with Gasteiger partial charge >= 0.3 is 0 Å². The number of likely N-dealkylation sites (N-methyl/N-ethyl adjacent to an activating group) is 1. The third kappa shape index (κ3) is 5.09. The number of rotatable bonds is 5. The van der Waals surface area contributed by atoms with E-state index in [0.717, 1.165) is 5.56 Å². The molecule has 0 radical (unpaired) electrons. The van der Waals surface area contributed by atoms with E-state index in [0.29, 0.717) is 10.8 Å². The maximum atomic E-state index is 12.0. The minimum Gasteiger partial charge on any atom is -0.497 e. The Morgan fingerprint density at radius 3 is 2.58 bits per heavy atom. The highest BCUT2D eigenvalue weighted by molar-refractivity contribution is 6.31. The maximum Gasteiger partial charge on any atom is 0.226 e. The molecule has 0 heterocycles. The van der Waals surface area contributed by atoms with Gasteiger partial charge in [0.15, 0.2) is 0 Å². The Hall–Kier alpha value is -1.26. The summed E-state index contributed by atoms with van der Waals surface area (Å²) in [5.41, 5.74) is -0.163. The van der Waals surface area contributed by atoms with E-state index in [9.17, 15) is 9.90 Å². The van der Waals surface area contributed by atoms with Gasteiger partial charge in [-0.1, -0.05) is 17.7 Å². The molecule has 1 rings (SSSR count). The van der Waals surface area contributed by atoms with E-state index in [1.807, 2.05) is 0 Å². The highest BCUT2D eigenvalue weighted by Crippen LogP contribution is 2.23. The molecule has 106 valence electrons. The molecule has 0 aliphatic rings. The van der Waals surface area contributed by atoms with Crippen molar-refractivity contribution in [2.24, 2.45) is 0 Å². The van der Waals surface area contributed by atoms with Crippen LogP contribution in [-0.4, -0.2) is 42.2 Å². The molecule has 0 unspecified atom stereocenters. The SMILES string of the molecule is COc1ccc(CC(=O)N(C)CC(C)(C)O)c(Cl)c1. The van der Waals surface area contributed by atoms with Gasteiger partial charge in [0.05, 0.1) is 19.1 Å². The van der Waals surface area contributed by atoms with Crippen molar-refractivity contribution in [1.82, 2.24) is 4.90 Å². The Bertz CT molecular complexity index is 454. The Balaban J connectivity index is 2.72. The number of ether oxygens (including phenoxy) is 1. The smallest absolute Gasteiger partial charge is 0.226 e. The Kier molecular flexibility index (Phi) is 5.20. The van der Waals surface area contributed by atoms with E-state index < -0.39 is 5.60 Å². The van der Waals surface area contributed by atoms with Gasteiger partial charge in [-0.2, -0.15) is 0 Å². The number of carbonyl (C=O) groups is 1. The monoisotopic (exact) mass is 285 g/mol. The summed E-state index contributed by atoms with van der Waals surface area (Å²) in [5, 5.41) is 10.2. The van der Waals surface area contributed by atoms with Gasteiger partial charge in [0, 0.05) is 18.6 Å². The number of benzene rings is 1. The van der Waals surface area contributed by atoms with Crippen LogP contribution >= 0.6 is 11.6 Å². The molecule has 0 aromatic heterocycles. The van der Waals surface area contributed by atoms with Crippen LogP contribution in [0.5, 0.6) is 5.75 Å². The first-order valence-electron chi connectivity index (χ1n) is 6.01. The van der Waals surface area contributed by atoms with Crippen molar-refractivity contribution >= 4 is 17.5 Å². The van der Waals surface area contributed by atoms with Crippen molar-refractivity contribution in [3.8, 4) is 5.75 Å². The first-order chi connectivity index (χ1) is 8.73. The summed E-state index contributed by atoms with van der Waals surface area (Å²) in [6.07, 6.45) is 0.204. The number of hydrogen-bond donors (Lipinski definition) is 1. The summed E-state index contributed by atoms with van der Waals surface area (Å²) < 4.78 is 5.06. The molecule has 0 atom stereocenters. The lowest BCUT2D eigenvalue weighted by Gasteiger charge is -2.25. The minimum atomic E-state index is -0.909. The number of methoxy groups -OCH3 is 1. The van der Waals surface area contributed by atoms with Crippen molar-refractivity contribution in [2.75, 3.05) is 20.7 Å². The van der Waals surface area contributed by atoms with Crippen molar-refractivity contribution in [1.29, 1.82) is 0 Å². The predicted octanol–water partition coefficient (Wildman–Crippen LogP) is 2.12. The Labute approximate surface area is 118 Å². The lowest BCUT2D eigenvalue weighted by Crippen LogP contribution is -2.40. The summed E-state index contributed by atoms with van der Waals surface area (Å²) in [5.74, 6) is 0.570. The van der Waals surface area contributed by atoms with Gasteiger partial charge in [-0.05, 0) is 31.5 Å². The maximum absolute atomic E-state index is 12.0. The molecule has 0 saturated carbocycles. The molecule has 19 heavy (non-hydrogen) atoms. The van der Waals surface area contributed by atoms with E-state index in [2.05, 4.69) is 0 Å². The van der Waals surface area contributed by atoms with Crippen LogP contribution in [0.25, 0.3) is 0 Å². The molecule has 0 bridgehead atoms. The van der Waals surface area contributed by atoms with Crippen LogP contribution < -0.4 is 4.74 Å². The van der Waals surface area contributed by atoms with E-state index in [-0.39, 0.29) is 18.9 Å². The average Bonchev–Trinajstić information content (AvgIpc) is 2.29. The van der Waals surface area contributed by atoms with Crippen LogP contribution in [0.2, 0.25) is 5.02 Å². The molecule has 1 aromatic rings. The van der Waals surface area contributed by atoms with E-state index >= 15 is 0 Å². The van der Waals surface area contributed by atoms with Gasteiger partial charge in [-0.3, -0.25) is 4.79 Å². The zero-order valence-electron chi connectivity index (χ0n) is 11.7. The molecule has 4 nitrogen and oxygen atoms in total. The van der Waals surface area contributed by atoms with Gasteiger partial charge in [0.1, 0.15) is 5.75 Å². The normalized spacial score (nSPS) is 11.3. The molecule has 0 aliphatic heterocycles. The third-order valence-electron chi connectivity index (χ3n) is 2.65. The van der Waals surface area contributed by atoms with Gasteiger partial charge < -0.3 is 14.7 Å². The first kappa shape index (κ1) is 15.8. The Morgan fingerprint density at radius 2 is 2.11 bits per heavy atom. The fourth-order valence-electron chi connectivity index (χ4n) is 1.76. The number of halogens is 1. The lowest BCUT2D eigenvalue weighted by atomic mass is 10.1. The lowest BCUT2D eigenvalue weighted by molar-refractivity contribution is -0.131. The van der Waals surface area contributed by atoms with Crippen LogP contribution in [0, 0.1) is 0 Å². The second kappa shape index (κ2) is 6.26. The number of amides is 1. The third-order valence-corrected chi connectivity index (χ3v) is 3.00. The summed E-state index contributed by atoms with van der Waals surface area (Å²) in [6.45, 7) is 3.61. The molecule has 0 fully saturated rings. The number of nitrogens with zero attached hydrogens (tertiary/aromatic N) is 1. The summed E-state index contributed by atoms with van der Waals surface area (Å²) in [4.78, 5) is 13.5. The fraction of sp³-hybridized carbons (Fsp3) is 0.500. The summed E-state index contributed by atoms with van der Waals surface area (Å²) in [6, 6.07) is 5.22. The summed E-state index contributed by atoms with van der Waals surface area (Å²) in [7, 11) is 3.23. The largest absolute Gasteiger partial charge is 0.497 e. The number of hydrogen-bond acceptors (Lipinski definition) is 3. The second-order valence-corrected chi connectivity index (χ2v) is 5.60. The van der Waals surface area contributed by atoms with Crippen LogP contribution in [-0.2, 0) is 11.2 Å². The van der Waals surface area contributed by atoms with Crippen molar-refractivity contribution in [2.45, 2.75) is 25.9 Å². The second-order valence-electron chi connectivity index (χ2n) is 5.20. The summed E-state index contributed by atoms with van der Waals surface area (Å²) >= 11 is 6.09. The molecule has 0 saturated heterocycles. The average molecular weight is 286 g/mol. The van der Waals surface area contributed by atoms with Gasteiger partial charge in [0.2, 0.25) is 5.91 Å². The standard InChI is InChI=1S/C14H20ClNO3/c1-14(2,18)9-16(3)13(17)7-10-5-6-11(19-4)8-12(10)15/h5-6,8,18H,7,9H2,1-4H3. The van der Waals surface area contributed by atoms with Crippen LogP contribution in [0.4, 0.5) is 0 Å². The Morgan fingerprint density at radius 1 is 1.47 bits per heavy atom. The zero-order valence-corrected chi connectivity index (χ0v) is 12.5. The number of carbonyl (C=O) groups excluding carboxylic acids is 1. The van der Waals surface area contributed by atoms with Crippen molar-refractivity contribution in [3.63, 3.8) is 0 Å². The molecule has 1 aromatic carbocycles. The van der Waals surface area contributed by atoms with Crippen LogP contribution in [0.3, 0.4) is 0 Å². The van der Waals surface area contributed by atoms with Gasteiger partial charge in [-0.15, -0.1) is 0 Å². The topological polar surface area (TPSA) is 49.8 Å². The van der Waals surface area contributed by atoms with E-state index in [1.165, 1.54) is 4.90 Å². The fourth-order valence-corrected chi connectivity index (χ4v) is 2.00. The molecule has 1 N–H and O–H groups in total. The quantitative estimate of drug-likeness (QED) is 0.901. The molecule has 5 heteroatoms. The molecular weight excluding hydrogens is 266 g/mol. The van der Waals surface area contributed by atoms with E-state index in [1.54, 1.807) is 46.2 Å². The van der Waals surface area contributed by atoms with Gasteiger partial charge in [0.25, 0.3) is 0 Å². The van der Waals surface area contributed by atoms with Crippen LogP contribution in [0.1, 0.15) is 19.4 Å². The van der Waals surface area contributed by atoms with Crippen molar-refractivity contribution in [3.05, 3.63) is 28.8 Å².